The van der Waals surface area contributed by atoms with Crippen molar-refractivity contribution in [2.45, 2.75) is 18.9 Å². The fourth-order valence-corrected chi connectivity index (χ4v) is 2.80. The molecule has 2 aliphatic rings. The molecule has 1 atom stereocenters. The molecule has 0 bridgehead atoms. The quantitative estimate of drug-likeness (QED) is 0.698. The van der Waals surface area contributed by atoms with E-state index in [4.69, 9.17) is 0 Å². The predicted octanol–water partition coefficient (Wildman–Crippen LogP) is 0.313. The third-order valence-corrected chi connectivity index (χ3v) is 3.93. The van der Waals surface area contributed by atoms with Crippen molar-refractivity contribution >= 4 is 23.2 Å². The van der Waals surface area contributed by atoms with Gasteiger partial charge in [0, 0.05) is 32.6 Å². The molecule has 2 amide bonds. The van der Waals surface area contributed by atoms with Crippen molar-refractivity contribution < 1.29 is 9.59 Å². The highest BCUT2D eigenvalue weighted by Gasteiger charge is 2.27. The minimum Gasteiger partial charge on any atom is -0.372 e. The molecule has 21 heavy (non-hydrogen) atoms. The zero-order valence-corrected chi connectivity index (χ0v) is 11.9. The first kappa shape index (κ1) is 13.9. The SMILES string of the molecule is O=C1CCC(Nc2ccccc2N2CCNCC2)C(=O)N1. The Labute approximate surface area is 123 Å². The predicted molar refractivity (Wildman–Crippen MR) is 81.3 cm³/mol. The summed E-state index contributed by atoms with van der Waals surface area (Å²) in [6, 6.07) is 7.68. The average Bonchev–Trinajstić information content (AvgIpc) is 2.51. The van der Waals surface area contributed by atoms with E-state index in [2.05, 4.69) is 26.9 Å². The van der Waals surface area contributed by atoms with Gasteiger partial charge in [-0.1, -0.05) is 12.1 Å². The summed E-state index contributed by atoms with van der Waals surface area (Å²) in [5, 5.41) is 9.01. The van der Waals surface area contributed by atoms with Crippen molar-refractivity contribution in [3.8, 4) is 0 Å². The number of rotatable bonds is 3. The molecule has 2 saturated heterocycles. The van der Waals surface area contributed by atoms with E-state index in [-0.39, 0.29) is 17.9 Å². The van der Waals surface area contributed by atoms with E-state index in [0.29, 0.717) is 12.8 Å². The van der Waals surface area contributed by atoms with Gasteiger partial charge in [-0.2, -0.15) is 0 Å². The van der Waals surface area contributed by atoms with Crippen LogP contribution in [0.15, 0.2) is 24.3 Å². The van der Waals surface area contributed by atoms with Crippen LogP contribution >= 0.6 is 0 Å². The lowest BCUT2D eigenvalue weighted by molar-refractivity contribution is -0.133. The summed E-state index contributed by atoms with van der Waals surface area (Å²) in [4.78, 5) is 25.4. The molecule has 1 aromatic carbocycles. The number of piperidine rings is 1. The number of hydrogen-bond donors (Lipinski definition) is 3. The number of amides is 2. The Bertz CT molecular complexity index is 540. The van der Waals surface area contributed by atoms with Gasteiger partial charge in [0.15, 0.2) is 0 Å². The molecule has 3 N–H and O–H groups in total. The maximum Gasteiger partial charge on any atom is 0.249 e. The summed E-state index contributed by atoms with van der Waals surface area (Å²) < 4.78 is 0. The Morgan fingerprint density at radius 1 is 1.14 bits per heavy atom. The number of carbonyl (C=O) groups excluding carboxylic acids is 2. The van der Waals surface area contributed by atoms with Gasteiger partial charge >= 0.3 is 0 Å². The van der Waals surface area contributed by atoms with E-state index >= 15 is 0 Å². The highest BCUT2D eigenvalue weighted by molar-refractivity contribution is 6.01. The molecule has 0 spiro atoms. The molecule has 1 unspecified atom stereocenters. The molecule has 0 radical (unpaired) electrons. The molecule has 0 saturated carbocycles. The van der Waals surface area contributed by atoms with Gasteiger partial charge in [0.25, 0.3) is 0 Å². The first-order valence-corrected chi connectivity index (χ1v) is 7.39. The number of benzene rings is 1. The Hall–Kier alpha value is -2.08. The molecule has 2 aliphatic heterocycles. The summed E-state index contributed by atoms with van der Waals surface area (Å²) in [5.74, 6) is -0.421. The van der Waals surface area contributed by atoms with E-state index in [1.54, 1.807) is 0 Å². The van der Waals surface area contributed by atoms with Gasteiger partial charge in [-0.05, 0) is 18.6 Å². The molecule has 2 fully saturated rings. The third-order valence-electron chi connectivity index (χ3n) is 3.93. The minimum atomic E-state index is -0.341. The molecule has 0 aromatic heterocycles. The van der Waals surface area contributed by atoms with Crippen LogP contribution in [0.1, 0.15) is 12.8 Å². The van der Waals surface area contributed by atoms with E-state index in [0.717, 1.165) is 37.6 Å². The van der Waals surface area contributed by atoms with Crippen LogP contribution < -0.4 is 20.9 Å². The van der Waals surface area contributed by atoms with Gasteiger partial charge in [-0.15, -0.1) is 0 Å². The smallest absolute Gasteiger partial charge is 0.249 e. The highest BCUT2D eigenvalue weighted by atomic mass is 16.2. The zero-order chi connectivity index (χ0) is 14.7. The van der Waals surface area contributed by atoms with Gasteiger partial charge in [-0.25, -0.2) is 0 Å². The lowest BCUT2D eigenvalue weighted by Crippen LogP contribution is -2.48. The standard InChI is InChI=1S/C15H20N4O2/c20-14-6-5-12(15(21)18-14)17-11-3-1-2-4-13(11)19-9-7-16-8-10-19/h1-4,12,16-17H,5-10H2,(H,18,20,21). The largest absolute Gasteiger partial charge is 0.372 e. The van der Waals surface area contributed by atoms with E-state index in [1.807, 2.05) is 18.2 Å². The Morgan fingerprint density at radius 2 is 1.90 bits per heavy atom. The molecular formula is C15H20N4O2. The summed E-state index contributed by atoms with van der Waals surface area (Å²) >= 11 is 0. The van der Waals surface area contributed by atoms with Crippen molar-refractivity contribution in [1.82, 2.24) is 10.6 Å². The van der Waals surface area contributed by atoms with Crippen LogP contribution in [0.4, 0.5) is 11.4 Å². The summed E-state index contributed by atoms with van der Waals surface area (Å²) in [7, 11) is 0. The normalized spacial score (nSPS) is 22.9. The molecule has 0 aliphatic carbocycles. The lowest BCUT2D eigenvalue weighted by Gasteiger charge is -2.32. The third kappa shape index (κ3) is 3.16. The fourth-order valence-electron chi connectivity index (χ4n) is 2.80. The maximum atomic E-state index is 11.9. The monoisotopic (exact) mass is 288 g/mol. The molecule has 2 heterocycles. The average molecular weight is 288 g/mol. The van der Waals surface area contributed by atoms with Gasteiger partial charge < -0.3 is 15.5 Å². The summed E-state index contributed by atoms with van der Waals surface area (Å²) in [6.07, 6.45) is 0.930. The van der Waals surface area contributed by atoms with Crippen molar-refractivity contribution in [1.29, 1.82) is 0 Å². The van der Waals surface area contributed by atoms with Crippen molar-refractivity contribution in [3.05, 3.63) is 24.3 Å². The number of carbonyl (C=O) groups is 2. The number of piperazine rings is 1. The van der Waals surface area contributed by atoms with Gasteiger partial charge in [-0.3, -0.25) is 14.9 Å². The summed E-state index contributed by atoms with van der Waals surface area (Å²) in [6.45, 7) is 3.83. The van der Waals surface area contributed by atoms with Crippen LogP contribution in [-0.4, -0.2) is 44.0 Å². The topological polar surface area (TPSA) is 73.5 Å². The molecule has 6 nitrogen and oxygen atoms in total. The van der Waals surface area contributed by atoms with E-state index < -0.39 is 0 Å². The second kappa shape index (κ2) is 6.13. The van der Waals surface area contributed by atoms with Crippen LogP contribution in [0.2, 0.25) is 0 Å². The number of nitrogens with one attached hydrogen (secondary N) is 3. The van der Waals surface area contributed by atoms with Gasteiger partial charge in [0.1, 0.15) is 6.04 Å². The number of hydrogen-bond acceptors (Lipinski definition) is 5. The highest BCUT2D eigenvalue weighted by Crippen LogP contribution is 2.27. The maximum absolute atomic E-state index is 11.9. The Kier molecular flexibility index (Phi) is 4.06. The van der Waals surface area contributed by atoms with Crippen LogP contribution in [0, 0.1) is 0 Å². The van der Waals surface area contributed by atoms with Crippen LogP contribution in [0.3, 0.4) is 0 Å². The molecule has 1 aromatic rings. The van der Waals surface area contributed by atoms with E-state index in [9.17, 15) is 9.59 Å². The number of nitrogens with zero attached hydrogens (tertiary/aromatic N) is 1. The first-order chi connectivity index (χ1) is 10.2. The van der Waals surface area contributed by atoms with Gasteiger partial charge in [0.05, 0.1) is 11.4 Å². The fraction of sp³-hybridized carbons (Fsp3) is 0.467. The Balaban J connectivity index is 1.75. The molecule has 6 heteroatoms. The van der Waals surface area contributed by atoms with Crippen LogP contribution in [-0.2, 0) is 9.59 Å². The zero-order valence-electron chi connectivity index (χ0n) is 11.9. The van der Waals surface area contributed by atoms with Gasteiger partial charge in [0.2, 0.25) is 11.8 Å². The molecule has 112 valence electrons. The first-order valence-electron chi connectivity index (χ1n) is 7.39. The van der Waals surface area contributed by atoms with Crippen molar-refractivity contribution in [2.75, 3.05) is 36.4 Å². The number of anilines is 2. The van der Waals surface area contributed by atoms with Crippen molar-refractivity contribution in [2.24, 2.45) is 0 Å². The summed E-state index contributed by atoms with van der Waals surface area (Å²) in [5.41, 5.74) is 2.07. The van der Waals surface area contributed by atoms with Crippen LogP contribution in [0.5, 0.6) is 0 Å². The Morgan fingerprint density at radius 3 is 2.67 bits per heavy atom. The molecule has 3 rings (SSSR count). The minimum absolute atomic E-state index is 0.187. The molecular weight excluding hydrogens is 268 g/mol. The van der Waals surface area contributed by atoms with Crippen molar-refractivity contribution in [3.63, 3.8) is 0 Å². The second-order valence-corrected chi connectivity index (χ2v) is 5.40. The van der Waals surface area contributed by atoms with Crippen LogP contribution in [0.25, 0.3) is 0 Å². The lowest BCUT2D eigenvalue weighted by atomic mass is 10.1. The number of para-hydroxylation sites is 2. The van der Waals surface area contributed by atoms with E-state index in [1.165, 1.54) is 0 Å². The number of imide groups is 1. The second-order valence-electron chi connectivity index (χ2n) is 5.40.